The molecule has 8 nitrogen and oxygen atoms in total. The summed E-state index contributed by atoms with van der Waals surface area (Å²) in [5, 5.41) is 10.9. The van der Waals surface area contributed by atoms with Gasteiger partial charge in [0.15, 0.2) is 0 Å². The Balaban J connectivity index is 1.29. The highest BCUT2D eigenvalue weighted by atomic mass is 15.3. The second-order valence-electron chi connectivity index (χ2n) is 7.91. The SMILES string of the molecule is c1cncc(C2CCN(c3nc(Nc4cc(C5CC5)n[nH]4)n4cccc4n3)C2)c1. The van der Waals surface area contributed by atoms with Crippen LogP contribution in [-0.4, -0.2) is 42.6 Å². The van der Waals surface area contributed by atoms with Crippen molar-refractivity contribution in [3.8, 4) is 0 Å². The molecule has 4 aromatic heterocycles. The Morgan fingerprint density at radius 2 is 2.03 bits per heavy atom. The molecule has 5 heterocycles. The molecule has 0 aromatic carbocycles. The number of anilines is 3. The van der Waals surface area contributed by atoms with Gasteiger partial charge in [0, 0.05) is 49.6 Å². The minimum Gasteiger partial charge on any atom is -0.340 e. The maximum absolute atomic E-state index is 4.85. The molecule has 29 heavy (non-hydrogen) atoms. The summed E-state index contributed by atoms with van der Waals surface area (Å²) in [4.78, 5) is 16.2. The lowest BCUT2D eigenvalue weighted by Gasteiger charge is -2.18. The van der Waals surface area contributed by atoms with Gasteiger partial charge in [-0.05, 0) is 43.0 Å². The summed E-state index contributed by atoms with van der Waals surface area (Å²) < 4.78 is 1.97. The number of aromatic amines is 1. The van der Waals surface area contributed by atoms with Crippen molar-refractivity contribution in [1.29, 1.82) is 0 Å². The molecule has 6 rings (SSSR count). The third-order valence-corrected chi connectivity index (χ3v) is 5.84. The molecule has 1 aliphatic heterocycles. The van der Waals surface area contributed by atoms with Crippen molar-refractivity contribution in [2.45, 2.75) is 31.1 Å². The second kappa shape index (κ2) is 6.58. The lowest BCUT2D eigenvalue weighted by molar-refractivity contribution is 0.767. The van der Waals surface area contributed by atoms with Crippen LogP contribution in [0.5, 0.6) is 0 Å². The summed E-state index contributed by atoms with van der Waals surface area (Å²) in [6.07, 6.45) is 9.31. The molecule has 1 atom stereocenters. The average molecular weight is 386 g/mol. The topological polar surface area (TPSA) is 87.0 Å². The average Bonchev–Trinajstić information content (AvgIpc) is 3.14. The maximum atomic E-state index is 4.85. The van der Waals surface area contributed by atoms with Crippen molar-refractivity contribution in [2.24, 2.45) is 0 Å². The van der Waals surface area contributed by atoms with Gasteiger partial charge in [0.05, 0.1) is 5.69 Å². The number of hydrogen-bond acceptors (Lipinski definition) is 6. The fourth-order valence-electron chi connectivity index (χ4n) is 4.09. The van der Waals surface area contributed by atoms with E-state index in [4.69, 9.17) is 9.97 Å². The molecular weight excluding hydrogens is 364 g/mol. The molecule has 1 saturated carbocycles. The standard InChI is InChI=1S/C21H22N8/c1-3-15(12-22-8-1)16-7-10-28(13-16)20-24-19-4-2-9-29(19)21(25-20)23-18-11-17(26-27-18)14-5-6-14/h1-4,8-9,11-12,14,16H,5-7,10,13H2,(H2,23,24,25,26,27). The largest absolute Gasteiger partial charge is 0.340 e. The van der Waals surface area contributed by atoms with Gasteiger partial charge in [-0.2, -0.15) is 15.1 Å². The number of H-pyrrole nitrogens is 1. The van der Waals surface area contributed by atoms with Crippen LogP contribution in [0.2, 0.25) is 0 Å². The number of pyridine rings is 1. The Kier molecular flexibility index (Phi) is 3.75. The molecule has 2 aliphatic rings. The normalized spacial score (nSPS) is 19.2. The Morgan fingerprint density at radius 3 is 2.90 bits per heavy atom. The molecular formula is C21H22N8. The van der Waals surface area contributed by atoms with Crippen LogP contribution in [0.1, 0.15) is 42.4 Å². The summed E-state index contributed by atoms with van der Waals surface area (Å²) in [6, 6.07) is 10.2. The van der Waals surface area contributed by atoms with Crippen molar-refractivity contribution in [3.05, 3.63) is 60.2 Å². The molecule has 0 amide bonds. The minimum atomic E-state index is 0.459. The molecule has 4 aromatic rings. The van der Waals surface area contributed by atoms with Crippen LogP contribution in [0.3, 0.4) is 0 Å². The number of nitrogens with zero attached hydrogens (tertiary/aromatic N) is 6. The van der Waals surface area contributed by atoms with Gasteiger partial charge in [-0.3, -0.25) is 14.5 Å². The highest BCUT2D eigenvalue weighted by molar-refractivity contribution is 5.57. The van der Waals surface area contributed by atoms with E-state index < -0.39 is 0 Å². The predicted molar refractivity (Wildman–Crippen MR) is 111 cm³/mol. The van der Waals surface area contributed by atoms with Crippen molar-refractivity contribution in [2.75, 3.05) is 23.3 Å². The summed E-state index contributed by atoms with van der Waals surface area (Å²) in [6.45, 7) is 1.84. The number of nitrogens with one attached hydrogen (secondary N) is 2. The lowest BCUT2D eigenvalue weighted by atomic mass is 10.0. The zero-order valence-electron chi connectivity index (χ0n) is 16.0. The zero-order chi connectivity index (χ0) is 19.2. The minimum absolute atomic E-state index is 0.459. The van der Waals surface area contributed by atoms with Crippen molar-refractivity contribution < 1.29 is 0 Å². The van der Waals surface area contributed by atoms with E-state index in [1.54, 1.807) is 0 Å². The van der Waals surface area contributed by atoms with Gasteiger partial charge in [-0.1, -0.05) is 6.07 Å². The molecule has 2 fully saturated rings. The zero-order valence-corrected chi connectivity index (χ0v) is 16.0. The third-order valence-electron chi connectivity index (χ3n) is 5.84. The van der Waals surface area contributed by atoms with Gasteiger partial charge in [0.25, 0.3) is 0 Å². The van der Waals surface area contributed by atoms with Crippen LogP contribution < -0.4 is 10.2 Å². The molecule has 0 bridgehead atoms. The third kappa shape index (κ3) is 3.10. The van der Waals surface area contributed by atoms with Gasteiger partial charge in [0.2, 0.25) is 11.9 Å². The van der Waals surface area contributed by atoms with E-state index in [-0.39, 0.29) is 0 Å². The van der Waals surface area contributed by atoms with Crippen LogP contribution >= 0.6 is 0 Å². The highest BCUT2D eigenvalue weighted by Crippen LogP contribution is 2.39. The van der Waals surface area contributed by atoms with Crippen LogP contribution in [0.15, 0.2) is 48.9 Å². The molecule has 8 heteroatoms. The van der Waals surface area contributed by atoms with Gasteiger partial charge in [-0.15, -0.1) is 0 Å². The monoisotopic (exact) mass is 386 g/mol. The van der Waals surface area contributed by atoms with Gasteiger partial charge in [0.1, 0.15) is 11.5 Å². The Labute approximate surface area is 168 Å². The van der Waals surface area contributed by atoms with E-state index in [1.807, 2.05) is 41.2 Å². The Hall–Kier alpha value is -3.42. The molecule has 1 saturated heterocycles. The number of rotatable bonds is 5. The van der Waals surface area contributed by atoms with Crippen LogP contribution in [0, 0.1) is 0 Å². The number of hydrogen-bond donors (Lipinski definition) is 2. The molecule has 1 aliphatic carbocycles. The maximum Gasteiger partial charge on any atom is 0.230 e. The van der Waals surface area contributed by atoms with Crippen LogP contribution in [0.25, 0.3) is 5.65 Å². The smallest absolute Gasteiger partial charge is 0.230 e. The predicted octanol–water partition coefficient (Wildman–Crippen LogP) is 3.46. The van der Waals surface area contributed by atoms with E-state index in [1.165, 1.54) is 18.4 Å². The first-order valence-corrected chi connectivity index (χ1v) is 10.2. The Morgan fingerprint density at radius 1 is 1.07 bits per heavy atom. The van der Waals surface area contributed by atoms with Crippen molar-refractivity contribution in [1.82, 2.24) is 29.5 Å². The van der Waals surface area contributed by atoms with Gasteiger partial charge in [-0.25, -0.2) is 0 Å². The first-order chi connectivity index (χ1) is 14.3. The molecule has 2 N–H and O–H groups in total. The Bertz CT molecular complexity index is 1140. The van der Waals surface area contributed by atoms with E-state index in [2.05, 4.69) is 37.5 Å². The second-order valence-corrected chi connectivity index (χ2v) is 7.91. The van der Waals surface area contributed by atoms with Crippen molar-refractivity contribution in [3.63, 3.8) is 0 Å². The quantitative estimate of drug-likeness (QED) is 0.546. The molecule has 0 radical (unpaired) electrons. The van der Waals surface area contributed by atoms with E-state index >= 15 is 0 Å². The fraction of sp³-hybridized carbons (Fsp3) is 0.333. The fourth-order valence-corrected chi connectivity index (χ4v) is 4.09. The van der Waals surface area contributed by atoms with Crippen molar-refractivity contribution >= 4 is 23.4 Å². The van der Waals surface area contributed by atoms with Crippen LogP contribution in [-0.2, 0) is 0 Å². The summed E-state index contributed by atoms with van der Waals surface area (Å²) in [5.74, 6) is 3.43. The van der Waals surface area contributed by atoms with E-state index in [9.17, 15) is 0 Å². The first kappa shape index (κ1) is 16.5. The summed E-state index contributed by atoms with van der Waals surface area (Å²) >= 11 is 0. The van der Waals surface area contributed by atoms with E-state index in [0.29, 0.717) is 11.8 Å². The highest BCUT2D eigenvalue weighted by Gasteiger charge is 2.28. The van der Waals surface area contributed by atoms with Crippen LogP contribution in [0.4, 0.5) is 17.7 Å². The summed E-state index contributed by atoms with van der Waals surface area (Å²) in [7, 11) is 0. The first-order valence-electron chi connectivity index (χ1n) is 10.2. The molecule has 146 valence electrons. The van der Waals surface area contributed by atoms with Gasteiger partial charge < -0.3 is 10.2 Å². The molecule has 0 spiro atoms. The molecule has 1 unspecified atom stereocenters. The van der Waals surface area contributed by atoms with E-state index in [0.717, 1.165) is 48.6 Å². The summed E-state index contributed by atoms with van der Waals surface area (Å²) in [5.41, 5.74) is 3.29. The number of fused-ring (bicyclic) bond motifs is 1. The lowest BCUT2D eigenvalue weighted by Crippen LogP contribution is -2.23. The number of aromatic nitrogens is 6. The van der Waals surface area contributed by atoms with Gasteiger partial charge >= 0.3 is 0 Å².